The Morgan fingerprint density at radius 2 is 1.91 bits per heavy atom. The summed E-state index contributed by atoms with van der Waals surface area (Å²) < 4.78 is 0. The first-order chi connectivity index (χ1) is 10.6. The van der Waals surface area contributed by atoms with Crippen LogP contribution in [0.1, 0.15) is 10.4 Å². The number of hydrogen-bond acceptors (Lipinski definition) is 6. The third kappa shape index (κ3) is 3.81. The molecule has 0 aliphatic carbocycles. The highest BCUT2D eigenvalue weighted by molar-refractivity contribution is 6.10. The number of likely N-dealkylation sites (N-methyl/N-ethyl adjacent to an activating group) is 1. The minimum absolute atomic E-state index is 0.0264. The molecule has 2 rings (SSSR count). The Morgan fingerprint density at radius 3 is 2.55 bits per heavy atom. The van der Waals surface area contributed by atoms with Crippen LogP contribution in [0.2, 0.25) is 0 Å². The van der Waals surface area contributed by atoms with Crippen molar-refractivity contribution < 1.29 is 4.79 Å². The molecule has 1 aliphatic rings. The molecular formula is C15H16N6O. The molecule has 7 nitrogen and oxygen atoms in total. The van der Waals surface area contributed by atoms with Crippen molar-refractivity contribution in [1.29, 1.82) is 10.5 Å². The summed E-state index contributed by atoms with van der Waals surface area (Å²) in [6.45, 7) is 3.14. The highest BCUT2D eigenvalue weighted by Gasteiger charge is 2.20. The summed E-state index contributed by atoms with van der Waals surface area (Å²) in [6.07, 6.45) is 0. The van der Waals surface area contributed by atoms with Crippen molar-refractivity contribution >= 4 is 17.3 Å². The van der Waals surface area contributed by atoms with E-state index >= 15 is 0 Å². The normalized spacial score (nSPS) is 14.6. The van der Waals surface area contributed by atoms with Gasteiger partial charge in [-0.1, -0.05) is 6.07 Å². The van der Waals surface area contributed by atoms with Crippen LogP contribution >= 0.6 is 0 Å². The van der Waals surface area contributed by atoms with E-state index in [-0.39, 0.29) is 11.6 Å². The Labute approximate surface area is 129 Å². The SMILES string of the molecule is CN1CCN(C(=O)c2cccc(NN=C(C#N)C#N)c2)CC1. The summed E-state index contributed by atoms with van der Waals surface area (Å²) in [5.74, 6) is -0.0264. The number of nitrogens with zero attached hydrogens (tertiary/aromatic N) is 5. The van der Waals surface area contributed by atoms with Gasteiger partial charge in [0.25, 0.3) is 5.91 Å². The van der Waals surface area contributed by atoms with Gasteiger partial charge in [-0.3, -0.25) is 10.2 Å². The van der Waals surface area contributed by atoms with Crippen LogP contribution in [0.4, 0.5) is 5.69 Å². The molecular weight excluding hydrogens is 280 g/mol. The van der Waals surface area contributed by atoms with E-state index in [1.807, 2.05) is 11.9 Å². The second-order valence-electron chi connectivity index (χ2n) is 4.97. The molecule has 0 spiro atoms. The van der Waals surface area contributed by atoms with E-state index in [1.165, 1.54) is 0 Å². The molecule has 1 aromatic rings. The van der Waals surface area contributed by atoms with Crippen LogP contribution in [-0.4, -0.2) is 54.6 Å². The first kappa shape index (κ1) is 15.5. The zero-order chi connectivity index (χ0) is 15.9. The van der Waals surface area contributed by atoms with E-state index in [4.69, 9.17) is 10.5 Å². The highest BCUT2D eigenvalue weighted by Crippen LogP contribution is 2.14. The van der Waals surface area contributed by atoms with Crippen molar-refractivity contribution in [3.8, 4) is 12.1 Å². The Bertz CT molecular complexity index is 645. The molecule has 1 aliphatic heterocycles. The molecule has 7 heteroatoms. The van der Waals surface area contributed by atoms with Gasteiger partial charge in [-0.2, -0.15) is 15.6 Å². The molecule has 1 aromatic carbocycles. The third-order valence-electron chi connectivity index (χ3n) is 3.41. The number of anilines is 1. The lowest BCUT2D eigenvalue weighted by Crippen LogP contribution is -2.47. The second-order valence-corrected chi connectivity index (χ2v) is 4.97. The summed E-state index contributed by atoms with van der Waals surface area (Å²) in [4.78, 5) is 16.4. The van der Waals surface area contributed by atoms with Crippen molar-refractivity contribution in [1.82, 2.24) is 9.80 Å². The number of nitrogens with one attached hydrogen (secondary N) is 1. The Kier molecular flexibility index (Phi) is 5.07. The molecule has 0 unspecified atom stereocenters. The van der Waals surface area contributed by atoms with Crippen LogP contribution in [0.3, 0.4) is 0 Å². The number of amides is 1. The monoisotopic (exact) mass is 296 g/mol. The molecule has 1 amide bonds. The first-order valence-electron chi connectivity index (χ1n) is 6.86. The smallest absolute Gasteiger partial charge is 0.254 e. The molecule has 1 N–H and O–H groups in total. The van der Waals surface area contributed by atoms with Crippen molar-refractivity contribution in [3.63, 3.8) is 0 Å². The lowest BCUT2D eigenvalue weighted by atomic mass is 10.1. The average Bonchev–Trinajstić information content (AvgIpc) is 2.56. The minimum atomic E-state index is -0.268. The Balaban J connectivity index is 2.08. The molecule has 112 valence electrons. The number of hydrazone groups is 1. The molecule has 1 fully saturated rings. The molecule has 0 saturated carbocycles. The van der Waals surface area contributed by atoms with Gasteiger partial charge in [-0.15, -0.1) is 0 Å². The van der Waals surface area contributed by atoms with Crippen LogP contribution in [-0.2, 0) is 0 Å². The van der Waals surface area contributed by atoms with Crippen molar-refractivity contribution in [2.45, 2.75) is 0 Å². The van der Waals surface area contributed by atoms with Gasteiger partial charge in [0.1, 0.15) is 12.1 Å². The van der Waals surface area contributed by atoms with E-state index < -0.39 is 0 Å². The quantitative estimate of drug-likeness (QED) is 0.660. The van der Waals surface area contributed by atoms with Crippen LogP contribution in [0.25, 0.3) is 0 Å². The average molecular weight is 296 g/mol. The van der Waals surface area contributed by atoms with Gasteiger partial charge in [0.05, 0.1) is 5.69 Å². The van der Waals surface area contributed by atoms with E-state index in [1.54, 1.807) is 36.4 Å². The topological polar surface area (TPSA) is 95.5 Å². The number of nitriles is 2. The van der Waals surface area contributed by atoms with Gasteiger partial charge in [0.15, 0.2) is 0 Å². The van der Waals surface area contributed by atoms with Crippen LogP contribution in [0, 0.1) is 22.7 Å². The first-order valence-corrected chi connectivity index (χ1v) is 6.86. The van der Waals surface area contributed by atoms with E-state index in [0.29, 0.717) is 24.3 Å². The maximum atomic E-state index is 12.4. The zero-order valence-corrected chi connectivity index (χ0v) is 12.3. The standard InChI is InChI=1S/C15H16N6O/c1-20-5-7-21(8-6-20)15(22)12-3-2-4-13(9-12)18-19-14(10-16)11-17/h2-4,9,18H,5-8H2,1H3. The highest BCUT2D eigenvalue weighted by atomic mass is 16.2. The molecule has 1 saturated heterocycles. The van der Waals surface area contributed by atoms with Crippen LogP contribution in [0.5, 0.6) is 0 Å². The number of rotatable bonds is 3. The Morgan fingerprint density at radius 1 is 1.23 bits per heavy atom. The molecule has 0 radical (unpaired) electrons. The van der Waals surface area contributed by atoms with Crippen LogP contribution in [0.15, 0.2) is 29.4 Å². The molecule has 0 atom stereocenters. The summed E-state index contributed by atoms with van der Waals surface area (Å²) >= 11 is 0. The number of piperazine rings is 1. The van der Waals surface area contributed by atoms with Gasteiger partial charge in [-0.25, -0.2) is 0 Å². The summed E-state index contributed by atoms with van der Waals surface area (Å²) in [5, 5.41) is 20.9. The van der Waals surface area contributed by atoms with E-state index in [2.05, 4.69) is 15.4 Å². The summed E-state index contributed by atoms with van der Waals surface area (Å²) in [6, 6.07) is 10.2. The van der Waals surface area contributed by atoms with Crippen molar-refractivity contribution in [2.24, 2.45) is 5.10 Å². The molecule has 1 heterocycles. The Hall–Kier alpha value is -2.90. The maximum Gasteiger partial charge on any atom is 0.254 e. The fraction of sp³-hybridized carbons (Fsp3) is 0.333. The predicted octanol–water partition coefficient (Wildman–Crippen LogP) is 0.889. The number of hydrogen-bond donors (Lipinski definition) is 1. The zero-order valence-electron chi connectivity index (χ0n) is 12.3. The largest absolute Gasteiger partial charge is 0.336 e. The summed E-state index contributed by atoms with van der Waals surface area (Å²) in [5.41, 5.74) is 3.46. The van der Waals surface area contributed by atoms with Gasteiger partial charge < -0.3 is 9.80 Å². The minimum Gasteiger partial charge on any atom is -0.336 e. The third-order valence-corrected chi connectivity index (χ3v) is 3.41. The summed E-state index contributed by atoms with van der Waals surface area (Å²) in [7, 11) is 2.03. The van der Waals surface area contributed by atoms with Crippen LogP contribution < -0.4 is 5.43 Å². The second kappa shape index (κ2) is 7.21. The lowest BCUT2D eigenvalue weighted by Gasteiger charge is -2.32. The predicted molar refractivity (Wildman–Crippen MR) is 82.1 cm³/mol. The fourth-order valence-corrected chi connectivity index (χ4v) is 2.11. The van der Waals surface area contributed by atoms with E-state index in [9.17, 15) is 4.79 Å². The van der Waals surface area contributed by atoms with Gasteiger partial charge >= 0.3 is 0 Å². The van der Waals surface area contributed by atoms with Crippen molar-refractivity contribution in [2.75, 3.05) is 38.7 Å². The lowest BCUT2D eigenvalue weighted by molar-refractivity contribution is 0.0664. The molecule has 0 bridgehead atoms. The van der Waals surface area contributed by atoms with Crippen molar-refractivity contribution in [3.05, 3.63) is 29.8 Å². The number of benzene rings is 1. The fourth-order valence-electron chi connectivity index (χ4n) is 2.11. The molecule has 22 heavy (non-hydrogen) atoms. The van der Waals surface area contributed by atoms with Gasteiger partial charge in [0.2, 0.25) is 5.71 Å². The number of carbonyl (C=O) groups is 1. The van der Waals surface area contributed by atoms with Gasteiger partial charge in [0, 0.05) is 31.7 Å². The van der Waals surface area contributed by atoms with Gasteiger partial charge in [-0.05, 0) is 25.2 Å². The van der Waals surface area contributed by atoms with E-state index in [0.717, 1.165) is 13.1 Å². The number of carbonyl (C=O) groups excluding carboxylic acids is 1. The maximum absolute atomic E-state index is 12.4. The molecule has 0 aromatic heterocycles.